The van der Waals surface area contributed by atoms with Crippen LogP contribution in [0.4, 0.5) is 13.2 Å². The van der Waals surface area contributed by atoms with E-state index in [2.05, 4.69) is 4.98 Å². The molecule has 0 bridgehead atoms. The van der Waals surface area contributed by atoms with Crippen LogP contribution >= 0.6 is 0 Å². The second kappa shape index (κ2) is 5.61. The SMILES string of the molecule is FC(F)(F)c1ccc2nc3c4ccccc4n(Cc4ccccc4)c3n2c1. The molecule has 0 unspecified atom stereocenters. The van der Waals surface area contributed by atoms with Gasteiger partial charge in [-0.25, -0.2) is 4.98 Å². The van der Waals surface area contributed by atoms with E-state index in [1.165, 1.54) is 6.07 Å². The van der Waals surface area contributed by atoms with Crippen LogP contribution in [0.5, 0.6) is 0 Å². The largest absolute Gasteiger partial charge is 0.417 e. The molecular formula is C21H14F3N3. The zero-order valence-electron chi connectivity index (χ0n) is 14.1. The summed E-state index contributed by atoms with van der Waals surface area (Å²) in [5.74, 6) is 0. The zero-order valence-corrected chi connectivity index (χ0v) is 14.1. The number of benzene rings is 2. The maximum atomic E-state index is 13.2. The summed E-state index contributed by atoms with van der Waals surface area (Å²) in [6.07, 6.45) is -3.27. The highest BCUT2D eigenvalue weighted by Crippen LogP contribution is 2.33. The number of pyridine rings is 1. The molecule has 0 aliphatic carbocycles. The van der Waals surface area contributed by atoms with Crippen LogP contribution in [0.1, 0.15) is 11.1 Å². The molecule has 5 aromatic rings. The Labute approximate surface area is 152 Å². The second-order valence-electron chi connectivity index (χ2n) is 6.52. The highest BCUT2D eigenvalue weighted by atomic mass is 19.4. The van der Waals surface area contributed by atoms with Crippen molar-refractivity contribution in [2.75, 3.05) is 0 Å². The molecule has 6 heteroatoms. The Morgan fingerprint density at radius 3 is 2.37 bits per heavy atom. The van der Waals surface area contributed by atoms with Crippen molar-refractivity contribution < 1.29 is 13.2 Å². The number of nitrogens with zero attached hydrogens (tertiary/aromatic N) is 3. The summed E-state index contributed by atoms with van der Waals surface area (Å²) in [6.45, 7) is 0.550. The molecule has 3 nitrogen and oxygen atoms in total. The van der Waals surface area contributed by atoms with Gasteiger partial charge in [0.25, 0.3) is 0 Å². The van der Waals surface area contributed by atoms with Gasteiger partial charge in [0.2, 0.25) is 0 Å². The molecule has 0 aliphatic heterocycles. The first-order valence-corrected chi connectivity index (χ1v) is 8.52. The van der Waals surface area contributed by atoms with Crippen molar-refractivity contribution in [3.63, 3.8) is 0 Å². The number of imidazole rings is 1. The first-order chi connectivity index (χ1) is 13.0. The summed E-state index contributed by atoms with van der Waals surface area (Å²) < 4.78 is 43.3. The molecule has 5 rings (SSSR count). The van der Waals surface area contributed by atoms with Gasteiger partial charge < -0.3 is 4.57 Å². The Morgan fingerprint density at radius 2 is 1.59 bits per heavy atom. The van der Waals surface area contributed by atoms with Gasteiger partial charge in [-0.2, -0.15) is 13.2 Å². The van der Waals surface area contributed by atoms with Gasteiger partial charge in [-0.05, 0) is 23.8 Å². The first-order valence-electron chi connectivity index (χ1n) is 8.52. The lowest BCUT2D eigenvalue weighted by atomic mass is 10.2. The monoisotopic (exact) mass is 365 g/mol. The van der Waals surface area contributed by atoms with E-state index in [-0.39, 0.29) is 0 Å². The van der Waals surface area contributed by atoms with E-state index < -0.39 is 11.7 Å². The van der Waals surface area contributed by atoms with Gasteiger partial charge in [-0.3, -0.25) is 4.40 Å². The van der Waals surface area contributed by atoms with Crippen molar-refractivity contribution in [1.29, 1.82) is 0 Å². The van der Waals surface area contributed by atoms with Crippen LogP contribution in [0, 0.1) is 0 Å². The third-order valence-electron chi connectivity index (χ3n) is 4.81. The fraction of sp³-hybridized carbons (Fsp3) is 0.0952. The molecule has 0 N–H and O–H groups in total. The predicted octanol–water partition coefficient (Wildman–Crippen LogP) is 5.51. The summed E-state index contributed by atoms with van der Waals surface area (Å²) in [4.78, 5) is 4.60. The fourth-order valence-electron chi connectivity index (χ4n) is 3.59. The molecule has 0 saturated heterocycles. The average Bonchev–Trinajstić information content (AvgIpc) is 3.17. The maximum absolute atomic E-state index is 13.2. The van der Waals surface area contributed by atoms with Crippen molar-refractivity contribution >= 4 is 27.7 Å². The van der Waals surface area contributed by atoms with Crippen LogP contribution in [-0.4, -0.2) is 14.0 Å². The molecule has 0 amide bonds. The van der Waals surface area contributed by atoms with Crippen molar-refractivity contribution in [3.05, 3.63) is 84.1 Å². The van der Waals surface area contributed by atoms with Crippen LogP contribution in [0.3, 0.4) is 0 Å². The molecular weight excluding hydrogens is 351 g/mol. The Bertz CT molecular complexity index is 1280. The van der Waals surface area contributed by atoms with Gasteiger partial charge in [-0.15, -0.1) is 0 Å². The summed E-state index contributed by atoms with van der Waals surface area (Å²) in [5.41, 5.74) is 3.21. The molecule has 3 heterocycles. The topological polar surface area (TPSA) is 22.2 Å². The minimum Gasteiger partial charge on any atom is -0.321 e. The molecule has 0 radical (unpaired) electrons. The standard InChI is InChI=1S/C21H14F3N3/c22-21(23,24)15-10-11-18-25-19-16-8-4-5-9-17(16)26(20(19)27(18)13-15)12-14-6-2-1-3-7-14/h1-11,13H,12H2. The number of para-hydroxylation sites is 1. The number of hydrogen-bond acceptors (Lipinski definition) is 1. The van der Waals surface area contributed by atoms with E-state index in [9.17, 15) is 13.2 Å². The minimum absolute atomic E-state index is 0.501. The van der Waals surface area contributed by atoms with Gasteiger partial charge in [-0.1, -0.05) is 48.5 Å². The van der Waals surface area contributed by atoms with Gasteiger partial charge in [0.15, 0.2) is 0 Å². The number of rotatable bonds is 2. The molecule has 0 aliphatic rings. The fourth-order valence-corrected chi connectivity index (χ4v) is 3.59. The summed E-state index contributed by atoms with van der Waals surface area (Å²) in [7, 11) is 0. The van der Waals surface area contributed by atoms with E-state index in [1.807, 2.05) is 59.2 Å². The van der Waals surface area contributed by atoms with Crippen LogP contribution in [-0.2, 0) is 12.7 Å². The number of fused-ring (bicyclic) bond motifs is 5. The van der Waals surface area contributed by atoms with E-state index in [0.717, 1.165) is 28.7 Å². The highest BCUT2D eigenvalue weighted by Gasteiger charge is 2.31. The normalized spacial score (nSPS) is 12.4. The lowest BCUT2D eigenvalue weighted by Gasteiger charge is -2.10. The van der Waals surface area contributed by atoms with E-state index in [1.54, 1.807) is 4.40 Å². The van der Waals surface area contributed by atoms with E-state index in [4.69, 9.17) is 0 Å². The number of halogens is 3. The Hall–Kier alpha value is -3.28. The van der Waals surface area contributed by atoms with Crippen molar-refractivity contribution in [2.45, 2.75) is 12.7 Å². The smallest absolute Gasteiger partial charge is 0.321 e. The Kier molecular flexibility index (Phi) is 3.31. The minimum atomic E-state index is -4.40. The van der Waals surface area contributed by atoms with E-state index >= 15 is 0 Å². The quantitative estimate of drug-likeness (QED) is 0.404. The predicted molar refractivity (Wildman–Crippen MR) is 98.7 cm³/mol. The second-order valence-corrected chi connectivity index (χ2v) is 6.52. The van der Waals surface area contributed by atoms with Crippen molar-refractivity contribution in [3.8, 4) is 0 Å². The molecule has 134 valence electrons. The van der Waals surface area contributed by atoms with Gasteiger partial charge in [0.05, 0.1) is 11.1 Å². The van der Waals surface area contributed by atoms with Crippen LogP contribution in [0.25, 0.3) is 27.7 Å². The third kappa shape index (κ3) is 2.48. The number of alkyl halides is 3. The first kappa shape index (κ1) is 15.9. The summed E-state index contributed by atoms with van der Waals surface area (Å²) in [6, 6.07) is 20.1. The van der Waals surface area contributed by atoms with Gasteiger partial charge in [0.1, 0.15) is 16.8 Å². The van der Waals surface area contributed by atoms with Crippen LogP contribution < -0.4 is 0 Å². The van der Waals surface area contributed by atoms with Crippen LogP contribution in [0.2, 0.25) is 0 Å². The van der Waals surface area contributed by atoms with Crippen molar-refractivity contribution in [2.24, 2.45) is 0 Å². The molecule has 2 aromatic carbocycles. The average molecular weight is 365 g/mol. The highest BCUT2D eigenvalue weighted by molar-refractivity contribution is 6.06. The Balaban J connectivity index is 1.86. The molecule has 0 fully saturated rings. The molecule has 0 spiro atoms. The summed E-state index contributed by atoms with van der Waals surface area (Å²) in [5, 5.41) is 0.931. The zero-order chi connectivity index (χ0) is 18.6. The third-order valence-corrected chi connectivity index (χ3v) is 4.81. The van der Waals surface area contributed by atoms with Gasteiger partial charge >= 0.3 is 6.18 Å². The van der Waals surface area contributed by atoms with Crippen molar-refractivity contribution in [1.82, 2.24) is 14.0 Å². The molecule has 0 atom stereocenters. The number of aromatic nitrogens is 3. The van der Waals surface area contributed by atoms with Gasteiger partial charge in [0, 0.05) is 18.1 Å². The summed E-state index contributed by atoms with van der Waals surface area (Å²) >= 11 is 0. The van der Waals surface area contributed by atoms with Crippen LogP contribution in [0.15, 0.2) is 72.9 Å². The Morgan fingerprint density at radius 1 is 0.852 bits per heavy atom. The lowest BCUT2D eigenvalue weighted by molar-refractivity contribution is -0.137. The molecule has 0 saturated carbocycles. The van der Waals surface area contributed by atoms with E-state index in [0.29, 0.717) is 23.4 Å². The molecule has 27 heavy (non-hydrogen) atoms. The maximum Gasteiger partial charge on any atom is 0.417 e. The molecule has 3 aromatic heterocycles. The number of hydrogen-bond donors (Lipinski definition) is 0. The lowest BCUT2D eigenvalue weighted by Crippen LogP contribution is -2.07.